The van der Waals surface area contributed by atoms with Gasteiger partial charge in [-0.3, -0.25) is 24.2 Å². The summed E-state index contributed by atoms with van der Waals surface area (Å²) in [6.45, 7) is 6.87. The van der Waals surface area contributed by atoms with Gasteiger partial charge in [0.1, 0.15) is 6.04 Å². The maximum atomic E-state index is 13.8. The van der Waals surface area contributed by atoms with Gasteiger partial charge in [-0.25, -0.2) is 0 Å². The minimum absolute atomic E-state index is 0.0223. The molecule has 1 atom stereocenters. The van der Waals surface area contributed by atoms with Crippen LogP contribution >= 0.6 is 0 Å². The van der Waals surface area contributed by atoms with Crippen molar-refractivity contribution in [2.45, 2.75) is 51.9 Å². The van der Waals surface area contributed by atoms with E-state index in [9.17, 15) is 27.6 Å². The number of benzene rings is 1. The molecule has 0 aliphatic carbocycles. The number of halogens is 3. The molecule has 1 aromatic carbocycles. The smallest absolute Gasteiger partial charge is 0.350 e. The van der Waals surface area contributed by atoms with Crippen molar-refractivity contribution in [3.05, 3.63) is 24.3 Å². The van der Waals surface area contributed by atoms with Crippen LogP contribution in [0.3, 0.4) is 0 Å². The van der Waals surface area contributed by atoms with Crippen LogP contribution in [0.5, 0.6) is 0 Å². The zero-order valence-corrected chi connectivity index (χ0v) is 17.5. The Morgan fingerprint density at radius 3 is 2.40 bits per heavy atom. The van der Waals surface area contributed by atoms with Crippen LogP contribution in [0.1, 0.15) is 34.1 Å². The summed E-state index contributed by atoms with van der Waals surface area (Å²) in [4.78, 5) is 39.3. The second kappa shape index (κ2) is 9.03. The first-order valence-corrected chi connectivity index (χ1v) is 9.63. The van der Waals surface area contributed by atoms with Gasteiger partial charge in [0.15, 0.2) is 0 Å². The van der Waals surface area contributed by atoms with Gasteiger partial charge in [0.05, 0.1) is 30.9 Å². The zero-order valence-electron chi connectivity index (χ0n) is 17.5. The van der Waals surface area contributed by atoms with Crippen molar-refractivity contribution in [3.63, 3.8) is 0 Å². The lowest BCUT2D eigenvalue weighted by Crippen LogP contribution is -2.53. The van der Waals surface area contributed by atoms with Gasteiger partial charge in [-0.1, -0.05) is 19.1 Å². The predicted molar refractivity (Wildman–Crippen MR) is 107 cm³/mol. The standard InChI is InChI=1S/C20H27F3N4O3/c1-5-26(11-17(29)25-19(2,3)4)12-18(30)27-14-9-7-6-8-13(14)24-16(28)10-15(27)20(21,22)23/h6-9,15H,5,10-12H2,1-4H3,(H,24,28)(H,25,29). The summed E-state index contributed by atoms with van der Waals surface area (Å²) in [5.41, 5.74) is -0.362. The highest BCUT2D eigenvalue weighted by molar-refractivity contribution is 6.05. The normalized spacial score (nSPS) is 17.3. The number of alkyl halides is 3. The van der Waals surface area contributed by atoms with Crippen LogP contribution in [0, 0.1) is 0 Å². The van der Waals surface area contributed by atoms with Crippen molar-refractivity contribution in [1.29, 1.82) is 0 Å². The third kappa shape index (κ3) is 6.19. The van der Waals surface area contributed by atoms with Gasteiger partial charge in [-0.05, 0) is 39.4 Å². The number of anilines is 2. The summed E-state index contributed by atoms with van der Waals surface area (Å²) in [5, 5.41) is 5.19. The van der Waals surface area contributed by atoms with Crippen LogP contribution in [0.2, 0.25) is 0 Å². The maximum Gasteiger partial charge on any atom is 0.409 e. The molecule has 3 amide bonds. The lowest BCUT2D eigenvalue weighted by atomic mass is 10.1. The Morgan fingerprint density at radius 2 is 1.83 bits per heavy atom. The highest BCUT2D eigenvalue weighted by Gasteiger charge is 2.49. The molecule has 30 heavy (non-hydrogen) atoms. The molecular weight excluding hydrogens is 401 g/mol. The highest BCUT2D eigenvalue weighted by Crippen LogP contribution is 2.37. The van der Waals surface area contributed by atoms with E-state index >= 15 is 0 Å². The van der Waals surface area contributed by atoms with Gasteiger partial charge in [-0.2, -0.15) is 13.2 Å². The van der Waals surface area contributed by atoms with Crippen LogP contribution in [0.15, 0.2) is 24.3 Å². The monoisotopic (exact) mass is 428 g/mol. The molecule has 1 unspecified atom stereocenters. The molecule has 166 valence electrons. The van der Waals surface area contributed by atoms with E-state index < -0.39 is 42.5 Å². The molecule has 0 bridgehead atoms. The number of likely N-dealkylation sites (N-methyl/N-ethyl adjacent to an activating group) is 1. The highest BCUT2D eigenvalue weighted by atomic mass is 19.4. The number of fused-ring (bicyclic) bond motifs is 1. The Kier molecular flexibility index (Phi) is 7.12. The SMILES string of the molecule is CCN(CC(=O)NC(C)(C)C)CC(=O)N1c2ccccc2NC(=O)CC1C(F)(F)F. The van der Waals surface area contributed by atoms with Crippen molar-refractivity contribution in [2.24, 2.45) is 0 Å². The Bertz CT molecular complexity index is 805. The predicted octanol–water partition coefficient (Wildman–Crippen LogP) is 2.53. The average Bonchev–Trinajstić information content (AvgIpc) is 2.74. The lowest BCUT2D eigenvalue weighted by Gasteiger charge is -2.33. The second-order valence-corrected chi connectivity index (χ2v) is 8.19. The van der Waals surface area contributed by atoms with Gasteiger partial charge in [0, 0.05) is 5.54 Å². The molecule has 1 aromatic rings. The minimum atomic E-state index is -4.80. The fourth-order valence-electron chi connectivity index (χ4n) is 3.20. The molecule has 0 saturated carbocycles. The summed E-state index contributed by atoms with van der Waals surface area (Å²) >= 11 is 0. The molecule has 10 heteroatoms. The molecule has 1 aliphatic heterocycles. The van der Waals surface area contributed by atoms with Crippen LogP contribution in [-0.2, 0) is 14.4 Å². The zero-order chi connectivity index (χ0) is 22.7. The number of para-hydroxylation sites is 2. The molecule has 0 fully saturated rings. The van der Waals surface area contributed by atoms with Gasteiger partial charge in [0.25, 0.3) is 0 Å². The largest absolute Gasteiger partial charge is 0.409 e. The number of amides is 3. The third-order valence-corrected chi connectivity index (χ3v) is 4.46. The van der Waals surface area contributed by atoms with E-state index in [4.69, 9.17) is 0 Å². The Hall–Kier alpha value is -2.62. The molecule has 2 rings (SSSR count). The molecule has 1 heterocycles. The quantitative estimate of drug-likeness (QED) is 0.755. The number of nitrogens with zero attached hydrogens (tertiary/aromatic N) is 2. The fourth-order valence-corrected chi connectivity index (χ4v) is 3.20. The summed E-state index contributed by atoms with van der Waals surface area (Å²) in [7, 11) is 0. The average molecular weight is 428 g/mol. The van der Waals surface area contributed by atoms with Gasteiger partial charge in [-0.15, -0.1) is 0 Å². The molecule has 1 aliphatic rings. The number of rotatable bonds is 5. The van der Waals surface area contributed by atoms with Crippen LogP contribution in [0.4, 0.5) is 24.5 Å². The van der Waals surface area contributed by atoms with E-state index in [1.54, 1.807) is 33.8 Å². The van der Waals surface area contributed by atoms with E-state index in [1.165, 1.54) is 23.1 Å². The first kappa shape index (κ1) is 23.7. The molecular formula is C20H27F3N4O3. The number of hydrogen-bond acceptors (Lipinski definition) is 4. The van der Waals surface area contributed by atoms with E-state index in [2.05, 4.69) is 10.6 Å². The molecule has 0 aromatic heterocycles. The second-order valence-electron chi connectivity index (χ2n) is 8.19. The Labute approximate surface area is 173 Å². The fraction of sp³-hybridized carbons (Fsp3) is 0.550. The van der Waals surface area contributed by atoms with Crippen molar-refractivity contribution >= 4 is 29.1 Å². The van der Waals surface area contributed by atoms with Crippen molar-refractivity contribution in [3.8, 4) is 0 Å². The molecule has 0 saturated heterocycles. The van der Waals surface area contributed by atoms with Gasteiger partial charge in [0.2, 0.25) is 17.7 Å². The van der Waals surface area contributed by atoms with Crippen LogP contribution in [-0.4, -0.2) is 60.0 Å². The lowest BCUT2D eigenvalue weighted by molar-refractivity contribution is -0.158. The third-order valence-electron chi connectivity index (χ3n) is 4.46. The summed E-state index contributed by atoms with van der Waals surface area (Å²) in [6, 6.07) is 3.57. The van der Waals surface area contributed by atoms with Crippen LogP contribution in [0.25, 0.3) is 0 Å². The van der Waals surface area contributed by atoms with E-state index in [-0.39, 0.29) is 30.4 Å². The van der Waals surface area contributed by atoms with Crippen molar-refractivity contribution < 1.29 is 27.6 Å². The first-order valence-electron chi connectivity index (χ1n) is 9.63. The molecule has 0 radical (unpaired) electrons. The number of nitrogens with one attached hydrogen (secondary N) is 2. The number of carbonyl (C=O) groups is 3. The Morgan fingerprint density at radius 1 is 1.20 bits per heavy atom. The minimum Gasteiger partial charge on any atom is -0.350 e. The topological polar surface area (TPSA) is 81.8 Å². The summed E-state index contributed by atoms with van der Waals surface area (Å²) in [6.07, 6.45) is -5.70. The summed E-state index contributed by atoms with van der Waals surface area (Å²) < 4.78 is 41.3. The van der Waals surface area contributed by atoms with Crippen molar-refractivity contribution in [1.82, 2.24) is 10.2 Å². The van der Waals surface area contributed by atoms with E-state index in [0.717, 1.165) is 0 Å². The van der Waals surface area contributed by atoms with Gasteiger partial charge < -0.3 is 10.6 Å². The Balaban J connectivity index is 2.31. The molecule has 7 nitrogen and oxygen atoms in total. The van der Waals surface area contributed by atoms with E-state index in [0.29, 0.717) is 4.90 Å². The molecule has 2 N–H and O–H groups in total. The van der Waals surface area contributed by atoms with E-state index in [1.807, 2.05) is 0 Å². The number of carbonyl (C=O) groups excluding carboxylic acids is 3. The summed E-state index contributed by atoms with van der Waals surface area (Å²) in [5.74, 6) is -2.00. The van der Waals surface area contributed by atoms with Crippen molar-refractivity contribution in [2.75, 3.05) is 29.9 Å². The first-order chi connectivity index (χ1) is 13.8. The van der Waals surface area contributed by atoms with Crippen LogP contribution < -0.4 is 15.5 Å². The maximum absolute atomic E-state index is 13.8. The molecule has 0 spiro atoms. The van der Waals surface area contributed by atoms with Gasteiger partial charge >= 0.3 is 6.18 Å². The number of hydrogen-bond donors (Lipinski definition) is 2.